The maximum Gasteiger partial charge on any atom is 0.0715 e. The van der Waals surface area contributed by atoms with Crippen molar-refractivity contribution in [3.05, 3.63) is 116 Å². The van der Waals surface area contributed by atoms with Crippen molar-refractivity contribution in [1.82, 2.24) is 0 Å². The summed E-state index contributed by atoms with van der Waals surface area (Å²) in [5, 5.41) is 0. The molecule has 27 heavy (non-hydrogen) atoms. The van der Waals surface area contributed by atoms with Crippen LogP contribution in [0, 0.1) is 5.41 Å². The Morgan fingerprint density at radius 2 is 1.26 bits per heavy atom. The molecule has 1 unspecified atom stereocenters. The quantitative estimate of drug-likeness (QED) is 0.473. The van der Waals surface area contributed by atoms with Crippen LogP contribution in [0.4, 0.5) is 0 Å². The highest BCUT2D eigenvalue weighted by Crippen LogP contribution is 2.63. The molecule has 0 heterocycles. The third-order valence-corrected chi connectivity index (χ3v) is 7.16. The molecule has 2 aromatic rings. The van der Waals surface area contributed by atoms with E-state index in [2.05, 4.69) is 85.0 Å². The van der Waals surface area contributed by atoms with Gasteiger partial charge in [0.05, 0.1) is 5.41 Å². The van der Waals surface area contributed by atoms with Crippen molar-refractivity contribution < 1.29 is 0 Å². The van der Waals surface area contributed by atoms with Gasteiger partial charge in [0.2, 0.25) is 0 Å². The van der Waals surface area contributed by atoms with E-state index in [1.54, 1.807) is 0 Å². The van der Waals surface area contributed by atoms with Crippen LogP contribution in [-0.4, -0.2) is 0 Å². The first-order chi connectivity index (χ1) is 13.2. The van der Waals surface area contributed by atoms with E-state index in [1.807, 2.05) is 0 Å². The topological polar surface area (TPSA) is 0 Å². The highest BCUT2D eigenvalue weighted by atomic mass is 32.1. The predicted octanol–water partition coefficient (Wildman–Crippen LogP) is 6.59. The van der Waals surface area contributed by atoms with E-state index in [0.717, 1.165) is 9.81 Å². The van der Waals surface area contributed by atoms with Crippen LogP contribution in [0.15, 0.2) is 93.8 Å². The molecule has 128 valence electrons. The first-order valence-corrected chi connectivity index (χ1v) is 9.97. The molecule has 0 saturated heterocycles. The lowest BCUT2D eigenvalue weighted by Crippen LogP contribution is -2.28. The Balaban J connectivity index is 1.66. The molecule has 0 amide bonds. The van der Waals surface area contributed by atoms with Crippen LogP contribution in [0.25, 0.3) is 23.3 Å². The Kier molecular flexibility index (Phi) is 3.07. The molecular weight excluding hydrogens is 364 g/mol. The summed E-state index contributed by atoms with van der Waals surface area (Å²) in [6, 6.07) is 17.2. The van der Waals surface area contributed by atoms with E-state index in [0.29, 0.717) is 0 Å². The summed E-state index contributed by atoms with van der Waals surface area (Å²) < 4.78 is 0. The van der Waals surface area contributed by atoms with Crippen molar-refractivity contribution in [1.29, 1.82) is 0 Å². The Morgan fingerprint density at radius 3 is 1.96 bits per heavy atom. The molecule has 0 N–H and O–H groups in total. The molecule has 4 aliphatic carbocycles. The normalized spacial score (nSPS) is 23.9. The molecule has 0 fully saturated rings. The first kappa shape index (κ1) is 15.6. The molecule has 0 saturated carbocycles. The van der Waals surface area contributed by atoms with Gasteiger partial charge in [0.1, 0.15) is 0 Å². The van der Waals surface area contributed by atoms with Gasteiger partial charge in [0.15, 0.2) is 0 Å². The Bertz CT molecular complexity index is 1220. The zero-order valence-corrected chi connectivity index (χ0v) is 16.3. The molecule has 4 aliphatic rings. The second-order valence-corrected chi connectivity index (χ2v) is 8.26. The SMILES string of the molecule is SC1=C(S)C2(C=CC=C3C2=Cc2ccccc23)C2=Cc3ccccc3C2=C1. The van der Waals surface area contributed by atoms with E-state index in [-0.39, 0.29) is 5.41 Å². The fourth-order valence-corrected chi connectivity index (χ4v) is 5.52. The fourth-order valence-electron chi connectivity index (χ4n) is 4.84. The summed E-state index contributed by atoms with van der Waals surface area (Å²) in [5.41, 5.74) is 9.88. The average molecular weight is 381 g/mol. The Hall–Kier alpha value is -2.42. The molecule has 1 atom stereocenters. The van der Waals surface area contributed by atoms with Gasteiger partial charge in [-0.1, -0.05) is 66.8 Å². The number of hydrogen-bond donors (Lipinski definition) is 2. The molecule has 1 spiro atoms. The van der Waals surface area contributed by atoms with Crippen LogP contribution in [0.2, 0.25) is 0 Å². The summed E-state index contributed by atoms with van der Waals surface area (Å²) in [5.74, 6) is 0. The van der Waals surface area contributed by atoms with E-state index in [1.165, 1.54) is 44.5 Å². The number of benzene rings is 2. The summed E-state index contributed by atoms with van der Waals surface area (Å²) in [6.07, 6.45) is 13.5. The summed E-state index contributed by atoms with van der Waals surface area (Å²) in [6.45, 7) is 0. The van der Waals surface area contributed by atoms with Crippen LogP contribution in [0.3, 0.4) is 0 Å². The molecule has 0 aromatic heterocycles. The van der Waals surface area contributed by atoms with Crippen LogP contribution in [0.5, 0.6) is 0 Å². The van der Waals surface area contributed by atoms with Gasteiger partial charge in [-0.25, -0.2) is 0 Å². The van der Waals surface area contributed by atoms with Crippen molar-refractivity contribution in [3.63, 3.8) is 0 Å². The monoisotopic (exact) mass is 380 g/mol. The molecule has 0 bridgehead atoms. The van der Waals surface area contributed by atoms with Crippen molar-refractivity contribution in [2.75, 3.05) is 0 Å². The van der Waals surface area contributed by atoms with E-state index >= 15 is 0 Å². The van der Waals surface area contributed by atoms with Gasteiger partial charge in [-0.15, -0.1) is 25.3 Å². The minimum atomic E-state index is -0.383. The minimum Gasteiger partial charge on any atom is -0.145 e. The van der Waals surface area contributed by atoms with Gasteiger partial charge in [0, 0.05) is 9.81 Å². The lowest BCUT2D eigenvalue weighted by molar-refractivity contribution is 0.739. The van der Waals surface area contributed by atoms with Crippen molar-refractivity contribution in [2.45, 2.75) is 0 Å². The molecule has 0 radical (unpaired) electrons. The second kappa shape index (κ2) is 5.31. The van der Waals surface area contributed by atoms with Gasteiger partial charge in [0.25, 0.3) is 0 Å². The zero-order chi connectivity index (χ0) is 18.2. The van der Waals surface area contributed by atoms with Gasteiger partial charge in [-0.05, 0) is 62.8 Å². The summed E-state index contributed by atoms with van der Waals surface area (Å²) in [7, 11) is 0. The van der Waals surface area contributed by atoms with Crippen LogP contribution in [-0.2, 0) is 0 Å². The van der Waals surface area contributed by atoms with Crippen molar-refractivity contribution in [2.24, 2.45) is 5.41 Å². The Labute approximate surface area is 169 Å². The highest BCUT2D eigenvalue weighted by molar-refractivity contribution is 7.88. The second-order valence-electron chi connectivity index (χ2n) is 7.33. The van der Waals surface area contributed by atoms with E-state index in [9.17, 15) is 0 Å². The number of hydrogen-bond acceptors (Lipinski definition) is 2. The van der Waals surface area contributed by atoms with Gasteiger partial charge < -0.3 is 0 Å². The molecule has 0 nitrogen and oxygen atoms in total. The Morgan fingerprint density at radius 1 is 0.667 bits per heavy atom. The summed E-state index contributed by atoms with van der Waals surface area (Å²) >= 11 is 9.83. The first-order valence-electron chi connectivity index (χ1n) is 9.08. The van der Waals surface area contributed by atoms with E-state index < -0.39 is 0 Å². The van der Waals surface area contributed by atoms with Gasteiger partial charge >= 0.3 is 0 Å². The standard InChI is InChI=1S/C25H16S2/c26-23-14-20-18-9-4-2-7-16(18)13-22(20)25(24(23)27)11-5-10-19-17-8-3-1-6-15(17)12-21(19)25/h1-14,26-27H. The maximum atomic E-state index is 5.00. The molecule has 6 rings (SSSR count). The molecular formula is C25H16S2. The van der Waals surface area contributed by atoms with Crippen molar-refractivity contribution in [3.8, 4) is 0 Å². The maximum absolute atomic E-state index is 5.00. The number of allylic oxidation sites excluding steroid dienone is 9. The van der Waals surface area contributed by atoms with Crippen LogP contribution >= 0.6 is 25.3 Å². The van der Waals surface area contributed by atoms with Crippen LogP contribution in [0.1, 0.15) is 22.3 Å². The van der Waals surface area contributed by atoms with Gasteiger partial charge in [-0.3, -0.25) is 0 Å². The lowest BCUT2D eigenvalue weighted by atomic mass is 9.65. The van der Waals surface area contributed by atoms with Crippen molar-refractivity contribution >= 4 is 48.6 Å². The predicted molar refractivity (Wildman–Crippen MR) is 121 cm³/mol. The molecule has 0 aliphatic heterocycles. The van der Waals surface area contributed by atoms with Gasteiger partial charge in [-0.2, -0.15) is 0 Å². The number of thiol groups is 2. The molecule has 2 heteroatoms. The third-order valence-electron chi connectivity index (χ3n) is 6.04. The highest BCUT2D eigenvalue weighted by Gasteiger charge is 2.48. The number of rotatable bonds is 0. The minimum absolute atomic E-state index is 0.383. The lowest BCUT2D eigenvalue weighted by Gasteiger charge is -2.40. The summed E-state index contributed by atoms with van der Waals surface area (Å²) in [4.78, 5) is 1.93. The third kappa shape index (κ3) is 1.87. The smallest absolute Gasteiger partial charge is 0.0715 e. The van der Waals surface area contributed by atoms with Crippen LogP contribution < -0.4 is 0 Å². The largest absolute Gasteiger partial charge is 0.145 e. The average Bonchev–Trinajstić information content (AvgIpc) is 3.26. The zero-order valence-electron chi connectivity index (χ0n) is 14.5. The number of fused-ring (bicyclic) bond motifs is 8. The van der Waals surface area contributed by atoms with E-state index in [4.69, 9.17) is 25.3 Å². The molecule has 2 aromatic carbocycles. The fraction of sp³-hybridized carbons (Fsp3) is 0.0400.